The van der Waals surface area contributed by atoms with Gasteiger partial charge in [-0.1, -0.05) is 36.4 Å². The van der Waals surface area contributed by atoms with Crippen molar-refractivity contribution < 1.29 is 97.4 Å². The van der Waals surface area contributed by atoms with Crippen LogP contribution in [0.4, 0.5) is 5.69 Å². The zero-order valence-electron chi connectivity index (χ0n) is 16.1. The van der Waals surface area contributed by atoms with Gasteiger partial charge in [0.1, 0.15) is 18.1 Å². The van der Waals surface area contributed by atoms with Gasteiger partial charge in [-0.2, -0.15) is 0 Å². The Labute approximate surface area is 246 Å². The normalized spacial score (nSPS) is 13.2. The van der Waals surface area contributed by atoms with Crippen LogP contribution in [0.25, 0.3) is 5.69 Å². The molecule has 2 aromatic carbocycles. The van der Waals surface area contributed by atoms with E-state index in [2.05, 4.69) is 77.1 Å². The number of rotatable bonds is 2. The summed E-state index contributed by atoms with van der Waals surface area (Å²) in [6.07, 6.45) is 10.3. The number of imidazole rings is 1. The second-order valence-electron chi connectivity index (χ2n) is 5.75. The first-order valence-corrected chi connectivity index (χ1v) is 13.3. The van der Waals surface area contributed by atoms with Gasteiger partial charge in [0.15, 0.2) is 0 Å². The summed E-state index contributed by atoms with van der Waals surface area (Å²) in [7, 11) is 4.11. The predicted molar refractivity (Wildman–Crippen MR) is 111 cm³/mol. The fourth-order valence-electron chi connectivity index (χ4n) is 2.47. The van der Waals surface area contributed by atoms with Crippen molar-refractivity contribution in [1.29, 1.82) is 0 Å². The Hall–Kier alpha value is 0.631. The van der Waals surface area contributed by atoms with E-state index in [4.69, 9.17) is 3.25 Å². The van der Waals surface area contributed by atoms with Crippen LogP contribution in [0, 0.1) is 6.67 Å². The number of aromatic nitrogens is 2. The summed E-state index contributed by atoms with van der Waals surface area (Å²) in [5, 5.41) is 0. The number of aryl methyl sites for hydroxylation is 1. The predicted octanol–water partition coefficient (Wildman–Crippen LogP) is -0.323. The fourth-order valence-corrected chi connectivity index (χ4v) is 2.47. The first-order chi connectivity index (χ1) is 13.7. The molecule has 5 nitrogen and oxygen atoms in total. The van der Waals surface area contributed by atoms with Crippen LogP contribution >= 0.6 is 19.0 Å². The summed E-state index contributed by atoms with van der Waals surface area (Å²) in [5.41, 5.74) is 2.41. The standard InChI is InChI=1S/C10H12N2.C10H11N2.3Ag.2HI.O/c2*1-11-7-8-12(9-11)10-5-3-2-4-6-10;;;;;;/h2-9,11H,1H3;2-9H,1H3;;;;2*1H;/q;+1;;;+1;;;/p-2. The van der Waals surface area contributed by atoms with Crippen LogP contribution < -0.4 is 38.3 Å². The van der Waals surface area contributed by atoms with E-state index in [-0.39, 0.29) is 46.4 Å². The molecule has 0 amide bonds. The third-order valence-corrected chi connectivity index (χ3v) is 3.72. The minimum atomic E-state index is 0. The zero-order chi connectivity index (χ0) is 20.8. The van der Waals surface area contributed by atoms with Crippen molar-refractivity contribution >= 4 is 24.7 Å². The molecule has 2 heterocycles. The maximum absolute atomic E-state index is 8.06. The molecule has 1 aliphatic rings. The second-order valence-corrected chi connectivity index (χ2v) is 5.75. The SMILES string of the molecule is C[NH+]1C=CN(c2ccccc2)[CH-]1.C[n+]1ccn(-c2ccccc2)c1.[Ag].[Ag][I].[I-].[O]=[Ag]. The summed E-state index contributed by atoms with van der Waals surface area (Å²) in [6.45, 7) is 2.12. The second kappa shape index (κ2) is 20.3. The van der Waals surface area contributed by atoms with E-state index in [1.165, 1.54) is 16.3 Å². The average Bonchev–Trinajstić information content (AvgIpc) is 3.41. The van der Waals surface area contributed by atoms with Gasteiger partial charge in [-0.05, 0) is 30.9 Å². The third-order valence-electron chi connectivity index (χ3n) is 3.72. The first kappa shape index (κ1) is 32.8. The summed E-state index contributed by atoms with van der Waals surface area (Å²) in [5.74, 6) is 0. The van der Waals surface area contributed by atoms with Gasteiger partial charge in [0.25, 0.3) is 0 Å². The maximum atomic E-state index is 8.06. The van der Waals surface area contributed by atoms with Gasteiger partial charge < -0.3 is 33.8 Å². The molecule has 1 radical (unpaired) electrons. The number of hydrogen-bond acceptors (Lipinski definition) is 2. The number of hydrogen-bond donors (Lipinski definition) is 1. The molecule has 0 aliphatic carbocycles. The van der Waals surface area contributed by atoms with Crippen LogP contribution in [0.5, 0.6) is 0 Å². The molecule has 1 unspecified atom stereocenters. The summed E-state index contributed by atoms with van der Waals surface area (Å²) < 4.78 is 12.2. The molecule has 1 aromatic heterocycles. The number of para-hydroxylation sites is 2. The molecule has 0 spiro atoms. The Kier molecular flexibility index (Phi) is 22.1. The molecule has 30 heavy (non-hydrogen) atoms. The van der Waals surface area contributed by atoms with E-state index in [1.807, 2.05) is 85.8 Å². The number of nitrogens with zero attached hydrogens (tertiary/aromatic N) is 3. The molecule has 176 valence electrons. The molecule has 0 saturated heterocycles. The Morgan fingerprint density at radius 2 is 1.47 bits per heavy atom. The third kappa shape index (κ3) is 12.0. The zero-order valence-corrected chi connectivity index (χ0v) is 24.9. The van der Waals surface area contributed by atoms with Crippen molar-refractivity contribution in [2.24, 2.45) is 7.05 Å². The monoisotopic (exact) mass is 910 g/mol. The Morgan fingerprint density at radius 1 is 0.967 bits per heavy atom. The van der Waals surface area contributed by atoms with E-state index < -0.39 is 0 Å². The molecule has 1 aliphatic heterocycles. The number of quaternary nitrogens is 1. The molecule has 4 rings (SSSR count). The van der Waals surface area contributed by atoms with Gasteiger partial charge in [-0.25, -0.2) is 9.13 Å². The van der Waals surface area contributed by atoms with Gasteiger partial charge in [-0.15, -0.1) is 0 Å². The number of benzene rings is 2. The van der Waals surface area contributed by atoms with Crippen LogP contribution in [0.15, 0.2) is 91.8 Å². The molecule has 0 saturated carbocycles. The van der Waals surface area contributed by atoms with E-state index >= 15 is 0 Å². The fraction of sp³-hybridized carbons (Fsp3) is 0.100. The molecule has 1 atom stereocenters. The van der Waals surface area contributed by atoms with Gasteiger partial charge in [-0.3, -0.25) is 0 Å². The number of nitrogens with one attached hydrogen (secondary N) is 1. The average molecular weight is 913 g/mol. The van der Waals surface area contributed by atoms with Crippen molar-refractivity contribution in [2.45, 2.75) is 0 Å². The van der Waals surface area contributed by atoms with E-state index in [9.17, 15) is 0 Å². The molecule has 0 bridgehead atoms. The first-order valence-electron chi connectivity index (χ1n) is 8.25. The number of anilines is 1. The quantitative estimate of drug-likeness (QED) is 0.166. The van der Waals surface area contributed by atoms with Crippen molar-refractivity contribution in [3.8, 4) is 5.69 Å². The minimum absolute atomic E-state index is 0. The van der Waals surface area contributed by atoms with Gasteiger partial charge in [0.2, 0.25) is 6.33 Å². The van der Waals surface area contributed by atoms with Gasteiger partial charge in [0.05, 0.1) is 13.2 Å². The van der Waals surface area contributed by atoms with Crippen LogP contribution in [0.1, 0.15) is 0 Å². The van der Waals surface area contributed by atoms with Gasteiger partial charge in [0, 0.05) is 41.3 Å². The molecule has 3 aromatic rings. The Bertz CT molecular complexity index is 823. The summed E-state index contributed by atoms with van der Waals surface area (Å²) in [6, 6.07) is 20.6. The van der Waals surface area contributed by atoms with Gasteiger partial charge >= 0.3 is 60.6 Å². The van der Waals surface area contributed by atoms with Crippen molar-refractivity contribution in [3.63, 3.8) is 0 Å². The van der Waals surface area contributed by atoms with Crippen molar-refractivity contribution in [2.75, 3.05) is 11.9 Å². The topological polar surface area (TPSA) is 33.6 Å². The Balaban J connectivity index is 0. The summed E-state index contributed by atoms with van der Waals surface area (Å²) in [4.78, 5) is 3.41. The number of halogens is 2. The molecule has 1 N–H and O–H groups in total. The van der Waals surface area contributed by atoms with Crippen molar-refractivity contribution in [1.82, 2.24) is 4.57 Å². The van der Waals surface area contributed by atoms with Crippen LogP contribution in [-0.4, -0.2) is 11.6 Å². The molecular weight excluding hydrogens is 890 g/mol. The molecular formula is C20H23Ag3I2N4O. The summed E-state index contributed by atoms with van der Waals surface area (Å²) >= 11 is 6.58. The van der Waals surface area contributed by atoms with E-state index in [0.29, 0.717) is 0 Å². The van der Waals surface area contributed by atoms with E-state index in [1.54, 1.807) is 21.0 Å². The van der Waals surface area contributed by atoms with Crippen LogP contribution in [-0.2, 0) is 71.0 Å². The van der Waals surface area contributed by atoms with Crippen molar-refractivity contribution in [3.05, 3.63) is 98.5 Å². The van der Waals surface area contributed by atoms with Crippen LogP contribution in [0.3, 0.4) is 0 Å². The van der Waals surface area contributed by atoms with Crippen LogP contribution in [0.2, 0.25) is 0 Å². The molecule has 10 heteroatoms. The Morgan fingerprint density at radius 3 is 1.87 bits per heavy atom. The van der Waals surface area contributed by atoms with E-state index in [0.717, 1.165) is 0 Å². The molecule has 0 fully saturated rings.